The van der Waals surface area contributed by atoms with Crippen molar-refractivity contribution in [3.05, 3.63) is 54.0 Å². The van der Waals surface area contributed by atoms with Crippen LogP contribution in [0.2, 0.25) is 0 Å². The Labute approximate surface area is 193 Å². The maximum atomic E-state index is 12.5. The number of ether oxygens (including phenoxy) is 1. The van der Waals surface area contributed by atoms with Crippen LogP contribution in [0.3, 0.4) is 0 Å². The number of aromatic nitrogens is 3. The number of hydrogen-bond donors (Lipinski definition) is 2. The van der Waals surface area contributed by atoms with Gasteiger partial charge in [0.1, 0.15) is 23.6 Å². The third-order valence-corrected chi connectivity index (χ3v) is 5.16. The lowest BCUT2D eigenvalue weighted by Gasteiger charge is -2.14. The second-order valence-corrected chi connectivity index (χ2v) is 8.13. The van der Waals surface area contributed by atoms with E-state index in [1.54, 1.807) is 18.5 Å². The smallest absolute Gasteiger partial charge is 0.303 e. The normalized spacial score (nSPS) is 11.1. The zero-order valence-corrected chi connectivity index (χ0v) is 19.2. The molecule has 0 fully saturated rings. The van der Waals surface area contributed by atoms with Crippen LogP contribution in [0, 0.1) is 0 Å². The Morgan fingerprint density at radius 2 is 1.94 bits per heavy atom. The van der Waals surface area contributed by atoms with E-state index in [1.165, 1.54) is 0 Å². The molecule has 0 atom stereocenters. The lowest BCUT2D eigenvalue weighted by Crippen LogP contribution is -2.25. The number of likely N-dealkylation sites (N-methyl/N-ethyl adjacent to an activating group) is 1. The van der Waals surface area contributed by atoms with Crippen molar-refractivity contribution in [1.82, 2.24) is 24.8 Å². The molecule has 1 amide bonds. The third kappa shape index (κ3) is 7.28. The van der Waals surface area contributed by atoms with Gasteiger partial charge in [-0.05, 0) is 45.1 Å². The molecule has 0 saturated heterocycles. The first-order chi connectivity index (χ1) is 15.9. The van der Waals surface area contributed by atoms with E-state index in [9.17, 15) is 9.59 Å². The molecule has 0 unspecified atom stereocenters. The van der Waals surface area contributed by atoms with E-state index in [-0.39, 0.29) is 12.3 Å². The van der Waals surface area contributed by atoms with E-state index in [2.05, 4.69) is 20.2 Å². The van der Waals surface area contributed by atoms with Crippen molar-refractivity contribution in [1.29, 1.82) is 0 Å². The fourth-order valence-electron chi connectivity index (χ4n) is 3.35. The highest BCUT2D eigenvalue weighted by Crippen LogP contribution is 2.21. The molecule has 0 aliphatic rings. The van der Waals surface area contributed by atoms with Crippen molar-refractivity contribution in [2.45, 2.75) is 32.2 Å². The summed E-state index contributed by atoms with van der Waals surface area (Å²) in [6.07, 6.45) is 3.96. The number of fused-ring (bicyclic) bond motifs is 1. The summed E-state index contributed by atoms with van der Waals surface area (Å²) in [7, 11) is 4.01. The molecule has 2 N–H and O–H groups in total. The van der Waals surface area contributed by atoms with Crippen LogP contribution < -0.4 is 10.1 Å². The number of amides is 1. The van der Waals surface area contributed by atoms with Gasteiger partial charge in [0.15, 0.2) is 5.65 Å². The predicted molar refractivity (Wildman–Crippen MR) is 126 cm³/mol. The van der Waals surface area contributed by atoms with E-state index in [0.29, 0.717) is 43.0 Å². The number of unbranched alkanes of at least 4 members (excludes halogenated alkanes) is 2. The number of carbonyl (C=O) groups excluding carboxylic acids is 1. The quantitative estimate of drug-likeness (QED) is 0.383. The number of nitrogens with one attached hydrogen (secondary N) is 1. The Morgan fingerprint density at radius 3 is 2.73 bits per heavy atom. The third-order valence-electron chi connectivity index (χ3n) is 5.16. The molecule has 33 heavy (non-hydrogen) atoms. The molecular formula is C24H31N5O4. The molecule has 9 heteroatoms. The van der Waals surface area contributed by atoms with Crippen molar-refractivity contribution in [2.75, 3.05) is 33.8 Å². The van der Waals surface area contributed by atoms with Gasteiger partial charge in [-0.15, -0.1) is 0 Å². The first-order valence-electron chi connectivity index (χ1n) is 11.1. The molecule has 0 saturated carbocycles. The van der Waals surface area contributed by atoms with Crippen LogP contribution in [0.15, 0.2) is 42.7 Å². The van der Waals surface area contributed by atoms with Gasteiger partial charge in [0.05, 0.1) is 12.9 Å². The monoisotopic (exact) mass is 453 g/mol. The summed E-state index contributed by atoms with van der Waals surface area (Å²) in [5.41, 5.74) is 2.68. The molecular weight excluding hydrogens is 422 g/mol. The van der Waals surface area contributed by atoms with Crippen LogP contribution in [0.1, 0.15) is 41.7 Å². The molecule has 0 aliphatic carbocycles. The topological polar surface area (TPSA) is 110 Å². The molecule has 3 aromatic rings. The van der Waals surface area contributed by atoms with Crippen LogP contribution in [0.4, 0.5) is 0 Å². The van der Waals surface area contributed by atoms with Gasteiger partial charge in [-0.2, -0.15) is 0 Å². The van der Waals surface area contributed by atoms with Crippen LogP contribution in [0.25, 0.3) is 11.2 Å². The minimum absolute atomic E-state index is 0.153. The van der Waals surface area contributed by atoms with Crippen molar-refractivity contribution >= 4 is 23.0 Å². The first kappa shape index (κ1) is 24.2. The Hall–Kier alpha value is -3.46. The zero-order chi connectivity index (χ0) is 23.6. The largest absolute Gasteiger partial charge is 0.492 e. The fraction of sp³-hybridized carbons (Fsp3) is 0.417. The van der Waals surface area contributed by atoms with Crippen molar-refractivity contribution in [2.24, 2.45) is 0 Å². The molecule has 2 aromatic heterocycles. The van der Waals surface area contributed by atoms with Gasteiger partial charge in [-0.3, -0.25) is 9.59 Å². The maximum absolute atomic E-state index is 12.5. The van der Waals surface area contributed by atoms with Gasteiger partial charge in [0.2, 0.25) is 0 Å². The van der Waals surface area contributed by atoms with Crippen molar-refractivity contribution in [3.63, 3.8) is 0 Å². The number of carboxylic acids is 1. The van der Waals surface area contributed by atoms with Gasteiger partial charge in [-0.1, -0.05) is 24.6 Å². The second kappa shape index (κ2) is 12.0. The zero-order valence-electron chi connectivity index (χ0n) is 19.2. The number of aliphatic carboxylic acids is 1. The van der Waals surface area contributed by atoms with E-state index < -0.39 is 5.97 Å². The standard InChI is InChI=1S/C24H31N5O4/c1-28(2)14-15-33-21-9-6-5-8-18(21)16-29-17-26-19-11-12-20(27-23(19)29)24(32)25-13-7-3-4-10-22(30)31/h5-6,8-9,11-12,17H,3-4,7,10,13-16H2,1-2H3,(H,25,32)(H,30,31). The summed E-state index contributed by atoms with van der Waals surface area (Å²) in [6, 6.07) is 11.3. The van der Waals surface area contributed by atoms with E-state index in [4.69, 9.17) is 9.84 Å². The van der Waals surface area contributed by atoms with E-state index in [0.717, 1.165) is 30.7 Å². The second-order valence-electron chi connectivity index (χ2n) is 8.13. The molecule has 176 valence electrons. The van der Waals surface area contributed by atoms with Gasteiger partial charge in [0, 0.05) is 25.1 Å². The number of para-hydroxylation sites is 1. The minimum atomic E-state index is -0.795. The molecule has 0 aliphatic heterocycles. The summed E-state index contributed by atoms with van der Waals surface area (Å²) < 4.78 is 7.87. The van der Waals surface area contributed by atoms with Gasteiger partial charge in [-0.25, -0.2) is 9.97 Å². The fourth-order valence-corrected chi connectivity index (χ4v) is 3.35. The number of hydrogen-bond acceptors (Lipinski definition) is 6. The molecule has 0 bridgehead atoms. The molecule has 2 heterocycles. The minimum Gasteiger partial charge on any atom is -0.492 e. The number of benzene rings is 1. The number of carboxylic acid groups (broad SMARTS) is 1. The molecule has 1 aromatic carbocycles. The highest BCUT2D eigenvalue weighted by atomic mass is 16.5. The SMILES string of the molecule is CN(C)CCOc1ccccc1Cn1cnc2ccc(C(=O)NCCCCCC(=O)O)nc21. The number of rotatable bonds is 13. The average Bonchev–Trinajstić information content (AvgIpc) is 3.18. The molecule has 0 spiro atoms. The number of pyridine rings is 1. The van der Waals surface area contributed by atoms with Crippen LogP contribution in [-0.4, -0.2) is 70.2 Å². The van der Waals surface area contributed by atoms with Crippen molar-refractivity contribution in [3.8, 4) is 5.75 Å². The predicted octanol–water partition coefficient (Wildman–Crippen LogP) is 2.79. The summed E-state index contributed by atoms with van der Waals surface area (Å²) in [5, 5.41) is 11.5. The Balaban J connectivity index is 1.64. The van der Waals surface area contributed by atoms with Crippen LogP contribution >= 0.6 is 0 Å². The number of nitrogens with zero attached hydrogens (tertiary/aromatic N) is 4. The van der Waals surface area contributed by atoms with Gasteiger partial charge in [0.25, 0.3) is 5.91 Å². The van der Waals surface area contributed by atoms with Crippen LogP contribution in [-0.2, 0) is 11.3 Å². The maximum Gasteiger partial charge on any atom is 0.303 e. The van der Waals surface area contributed by atoms with Gasteiger partial charge >= 0.3 is 5.97 Å². The highest BCUT2D eigenvalue weighted by Gasteiger charge is 2.13. The summed E-state index contributed by atoms with van der Waals surface area (Å²) >= 11 is 0. The summed E-state index contributed by atoms with van der Waals surface area (Å²) in [4.78, 5) is 34.1. The highest BCUT2D eigenvalue weighted by molar-refractivity contribution is 5.94. The number of imidazole rings is 1. The lowest BCUT2D eigenvalue weighted by molar-refractivity contribution is -0.137. The summed E-state index contributed by atoms with van der Waals surface area (Å²) in [5.74, 6) is -0.232. The van der Waals surface area contributed by atoms with E-state index >= 15 is 0 Å². The van der Waals surface area contributed by atoms with Crippen molar-refractivity contribution < 1.29 is 19.4 Å². The van der Waals surface area contributed by atoms with Gasteiger partial charge < -0.3 is 24.6 Å². The van der Waals surface area contributed by atoms with Crippen LogP contribution in [0.5, 0.6) is 5.75 Å². The number of carbonyl (C=O) groups is 2. The Bertz CT molecular complexity index is 1080. The van der Waals surface area contributed by atoms with E-state index in [1.807, 2.05) is 42.9 Å². The molecule has 9 nitrogen and oxygen atoms in total. The average molecular weight is 454 g/mol. The summed E-state index contributed by atoms with van der Waals surface area (Å²) in [6.45, 7) is 2.42. The Kier molecular flexibility index (Phi) is 8.77. The molecule has 3 rings (SSSR count). The first-order valence-corrected chi connectivity index (χ1v) is 11.1. The lowest BCUT2D eigenvalue weighted by atomic mass is 10.2. The molecule has 0 radical (unpaired) electrons. The Morgan fingerprint density at radius 1 is 1.12 bits per heavy atom.